The van der Waals surface area contributed by atoms with E-state index in [0.29, 0.717) is 4.90 Å². The molecule has 1 aromatic rings. The quantitative estimate of drug-likeness (QED) is 0.848. The third kappa shape index (κ3) is 4.47. The number of thioether (sulfide) groups is 1. The number of nitrogens with one attached hydrogen (secondary N) is 1. The van der Waals surface area contributed by atoms with Crippen molar-refractivity contribution in [2.75, 3.05) is 11.9 Å². The molecule has 1 atom stereocenters. The van der Waals surface area contributed by atoms with Crippen LogP contribution in [0.1, 0.15) is 18.9 Å². The number of Topliss-reactive ketones (excluding diaryl/α,β-unsaturated/α-hetero) is 1. The van der Waals surface area contributed by atoms with Gasteiger partial charge in [-0.05, 0) is 25.1 Å². The maximum Gasteiger partial charge on any atom is 0.416 e. The number of carbonyl (C=O) groups is 3. The fourth-order valence-corrected chi connectivity index (χ4v) is 2.93. The van der Waals surface area contributed by atoms with E-state index in [0.717, 1.165) is 23.9 Å². The molecule has 1 N–H and O–H groups in total. The summed E-state index contributed by atoms with van der Waals surface area (Å²) in [5.41, 5.74) is -0.806. The second-order valence-corrected chi connectivity index (χ2v) is 6.12. The Balaban J connectivity index is 2.08. The molecular weight excluding hydrogens is 335 g/mol. The van der Waals surface area contributed by atoms with Crippen LogP contribution in [-0.4, -0.2) is 29.5 Å². The van der Waals surface area contributed by atoms with Gasteiger partial charge in [-0.1, -0.05) is 0 Å². The van der Waals surface area contributed by atoms with Gasteiger partial charge in [0.05, 0.1) is 22.9 Å². The van der Waals surface area contributed by atoms with Crippen molar-refractivity contribution in [3.8, 4) is 0 Å². The first-order chi connectivity index (χ1) is 10.7. The largest absolute Gasteiger partial charge is 0.458 e. The third-order valence-electron chi connectivity index (χ3n) is 2.91. The Morgan fingerprint density at radius 2 is 2.04 bits per heavy atom. The van der Waals surface area contributed by atoms with E-state index in [1.54, 1.807) is 0 Å². The van der Waals surface area contributed by atoms with Gasteiger partial charge in [-0.15, -0.1) is 11.8 Å². The number of alkyl halides is 3. The molecule has 2 rings (SSSR count). The SMILES string of the molecule is CC(=O)COC(=O)CC1Sc2ccc(C(F)(F)F)cc2NC1=O. The number of rotatable bonds is 4. The maximum atomic E-state index is 12.6. The van der Waals surface area contributed by atoms with Crippen LogP contribution in [0.4, 0.5) is 18.9 Å². The van der Waals surface area contributed by atoms with Crippen LogP contribution in [0.25, 0.3) is 0 Å². The Kier molecular flexibility index (Phi) is 4.98. The topological polar surface area (TPSA) is 72.5 Å². The van der Waals surface area contributed by atoms with Crippen molar-refractivity contribution in [2.24, 2.45) is 0 Å². The molecule has 1 aliphatic heterocycles. The molecule has 5 nitrogen and oxygen atoms in total. The second kappa shape index (κ2) is 6.61. The first-order valence-corrected chi connectivity index (χ1v) is 7.38. The normalized spacial score (nSPS) is 17.2. The summed E-state index contributed by atoms with van der Waals surface area (Å²) in [6, 6.07) is 3.01. The number of esters is 1. The van der Waals surface area contributed by atoms with Gasteiger partial charge in [0.2, 0.25) is 5.91 Å². The molecule has 124 valence electrons. The molecule has 1 aromatic carbocycles. The van der Waals surface area contributed by atoms with Crippen molar-refractivity contribution >= 4 is 35.1 Å². The number of hydrogen-bond donors (Lipinski definition) is 1. The third-order valence-corrected chi connectivity index (χ3v) is 4.19. The summed E-state index contributed by atoms with van der Waals surface area (Å²) in [5.74, 6) is -1.63. The second-order valence-electron chi connectivity index (χ2n) is 4.87. The zero-order valence-corrected chi connectivity index (χ0v) is 12.7. The minimum atomic E-state index is -4.50. The molecule has 23 heavy (non-hydrogen) atoms. The molecule has 0 bridgehead atoms. The predicted octanol–water partition coefficient (Wildman–Crippen LogP) is 2.64. The highest BCUT2D eigenvalue weighted by Gasteiger charge is 2.34. The molecule has 0 aromatic heterocycles. The Morgan fingerprint density at radius 3 is 2.65 bits per heavy atom. The van der Waals surface area contributed by atoms with Crippen LogP contribution < -0.4 is 5.32 Å². The molecule has 0 radical (unpaired) electrons. The van der Waals surface area contributed by atoms with Crippen LogP contribution in [-0.2, 0) is 25.3 Å². The number of ether oxygens (including phenoxy) is 1. The number of halogens is 3. The van der Waals surface area contributed by atoms with Gasteiger partial charge >= 0.3 is 12.1 Å². The van der Waals surface area contributed by atoms with E-state index in [-0.39, 0.29) is 24.5 Å². The molecule has 0 spiro atoms. The van der Waals surface area contributed by atoms with Crippen molar-refractivity contribution in [3.63, 3.8) is 0 Å². The number of ketones is 1. The summed E-state index contributed by atoms with van der Waals surface area (Å²) in [5, 5.41) is 1.54. The van der Waals surface area contributed by atoms with Crippen molar-refractivity contribution < 1.29 is 32.3 Å². The van der Waals surface area contributed by atoms with E-state index in [9.17, 15) is 27.6 Å². The fourth-order valence-electron chi connectivity index (χ4n) is 1.85. The molecule has 1 amide bonds. The molecular formula is C14H12F3NO4S. The van der Waals surface area contributed by atoms with Crippen LogP contribution in [0.15, 0.2) is 23.1 Å². The van der Waals surface area contributed by atoms with Gasteiger partial charge < -0.3 is 10.1 Å². The zero-order chi connectivity index (χ0) is 17.2. The minimum absolute atomic E-state index is 0.0585. The Morgan fingerprint density at radius 1 is 1.35 bits per heavy atom. The first-order valence-electron chi connectivity index (χ1n) is 6.50. The summed E-state index contributed by atoms with van der Waals surface area (Å²) in [7, 11) is 0. The Bertz CT molecular complexity index is 660. The highest BCUT2D eigenvalue weighted by molar-refractivity contribution is 8.01. The molecule has 1 heterocycles. The average Bonchev–Trinajstić information content (AvgIpc) is 2.44. The van der Waals surface area contributed by atoms with E-state index in [1.807, 2.05) is 0 Å². The molecule has 0 aliphatic carbocycles. The summed E-state index contributed by atoms with van der Waals surface area (Å²) >= 11 is 0.982. The van der Waals surface area contributed by atoms with Gasteiger partial charge in [0.1, 0.15) is 6.61 Å². The van der Waals surface area contributed by atoms with Crippen molar-refractivity contribution in [1.82, 2.24) is 0 Å². The summed E-state index contributed by atoms with van der Waals surface area (Å²) in [4.78, 5) is 34.6. The van der Waals surface area contributed by atoms with Gasteiger partial charge in [-0.25, -0.2) is 0 Å². The molecule has 1 aliphatic rings. The fraction of sp³-hybridized carbons (Fsp3) is 0.357. The van der Waals surface area contributed by atoms with Crippen LogP contribution in [0, 0.1) is 0 Å². The standard InChI is InChI=1S/C14H12F3NO4S/c1-7(19)6-22-12(20)5-11-13(21)18-9-4-8(14(15,16)17)2-3-10(9)23-11/h2-4,11H,5-6H2,1H3,(H,18,21). The molecule has 0 fully saturated rings. The van der Waals surface area contributed by atoms with Crippen LogP contribution >= 0.6 is 11.8 Å². The Hall–Kier alpha value is -2.03. The maximum absolute atomic E-state index is 12.6. The molecule has 0 saturated carbocycles. The number of amides is 1. The van der Waals surface area contributed by atoms with Gasteiger partial charge in [0.15, 0.2) is 5.78 Å². The van der Waals surface area contributed by atoms with Crippen molar-refractivity contribution in [3.05, 3.63) is 23.8 Å². The molecule has 9 heteroatoms. The zero-order valence-electron chi connectivity index (χ0n) is 11.9. The smallest absolute Gasteiger partial charge is 0.416 e. The van der Waals surface area contributed by atoms with Gasteiger partial charge in [0, 0.05) is 4.90 Å². The van der Waals surface area contributed by atoms with E-state index in [1.165, 1.54) is 13.0 Å². The number of benzene rings is 1. The van der Waals surface area contributed by atoms with Gasteiger partial charge in [-0.2, -0.15) is 13.2 Å². The number of anilines is 1. The summed E-state index contributed by atoms with van der Waals surface area (Å²) < 4.78 is 42.6. The Labute approximate surface area is 133 Å². The lowest BCUT2D eigenvalue weighted by Gasteiger charge is -2.24. The average molecular weight is 347 g/mol. The number of carbonyl (C=O) groups excluding carboxylic acids is 3. The van der Waals surface area contributed by atoms with E-state index in [2.05, 4.69) is 10.1 Å². The van der Waals surface area contributed by atoms with E-state index in [4.69, 9.17) is 0 Å². The minimum Gasteiger partial charge on any atom is -0.458 e. The lowest BCUT2D eigenvalue weighted by atomic mass is 10.1. The highest BCUT2D eigenvalue weighted by Crippen LogP contribution is 2.40. The predicted molar refractivity (Wildman–Crippen MR) is 76.0 cm³/mol. The first kappa shape index (κ1) is 17.3. The van der Waals surface area contributed by atoms with E-state index < -0.39 is 28.9 Å². The van der Waals surface area contributed by atoms with Gasteiger partial charge in [-0.3, -0.25) is 14.4 Å². The monoisotopic (exact) mass is 347 g/mol. The molecule has 1 unspecified atom stereocenters. The van der Waals surface area contributed by atoms with Crippen LogP contribution in [0.3, 0.4) is 0 Å². The van der Waals surface area contributed by atoms with Crippen molar-refractivity contribution in [1.29, 1.82) is 0 Å². The summed E-state index contributed by atoms with van der Waals surface area (Å²) in [6.45, 7) is 0.882. The van der Waals surface area contributed by atoms with Crippen LogP contribution in [0.5, 0.6) is 0 Å². The lowest BCUT2D eigenvalue weighted by molar-refractivity contribution is -0.148. The lowest BCUT2D eigenvalue weighted by Crippen LogP contribution is -2.32. The van der Waals surface area contributed by atoms with Gasteiger partial charge in [0.25, 0.3) is 0 Å². The van der Waals surface area contributed by atoms with Crippen molar-refractivity contribution in [2.45, 2.75) is 29.7 Å². The van der Waals surface area contributed by atoms with Crippen LogP contribution in [0.2, 0.25) is 0 Å². The van der Waals surface area contributed by atoms with E-state index >= 15 is 0 Å². The number of hydrogen-bond acceptors (Lipinski definition) is 5. The summed E-state index contributed by atoms with van der Waals surface area (Å²) in [6.07, 6.45) is -4.78. The molecule has 0 saturated heterocycles. The number of fused-ring (bicyclic) bond motifs is 1. The highest BCUT2D eigenvalue weighted by atomic mass is 32.2.